The van der Waals surface area contributed by atoms with Crippen LogP contribution in [0, 0.1) is 5.92 Å². The number of rotatable bonds is 1. The molecule has 2 aliphatic rings. The lowest BCUT2D eigenvalue weighted by Crippen LogP contribution is -2.19. The second-order valence-electron chi connectivity index (χ2n) is 4.40. The highest BCUT2D eigenvalue weighted by Gasteiger charge is 2.42. The molecule has 13 heavy (non-hydrogen) atoms. The largest absolute Gasteiger partial charge is 0.330 e. The zero-order valence-electron chi connectivity index (χ0n) is 7.74. The Morgan fingerprint density at radius 1 is 1.15 bits per heavy atom. The Morgan fingerprint density at radius 3 is 2.69 bits per heavy atom. The minimum absolute atomic E-state index is 0.764. The van der Waals surface area contributed by atoms with Crippen molar-refractivity contribution in [1.82, 2.24) is 0 Å². The molecule has 0 amide bonds. The van der Waals surface area contributed by atoms with Crippen LogP contribution in [-0.2, 0) is 0 Å². The molecule has 0 saturated heterocycles. The Hall–Kier alpha value is -0.820. The fourth-order valence-corrected chi connectivity index (χ4v) is 3.24. The van der Waals surface area contributed by atoms with Crippen molar-refractivity contribution in [2.75, 3.05) is 6.54 Å². The van der Waals surface area contributed by atoms with Crippen molar-refractivity contribution in [2.24, 2.45) is 11.7 Å². The van der Waals surface area contributed by atoms with Crippen LogP contribution in [0.15, 0.2) is 24.3 Å². The van der Waals surface area contributed by atoms with Gasteiger partial charge in [-0.15, -0.1) is 0 Å². The van der Waals surface area contributed by atoms with Crippen molar-refractivity contribution in [1.29, 1.82) is 0 Å². The number of hydrogen-bond donors (Lipinski definition) is 1. The Kier molecular flexibility index (Phi) is 1.50. The highest BCUT2D eigenvalue weighted by Crippen LogP contribution is 2.55. The van der Waals surface area contributed by atoms with Crippen molar-refractivity contribution in [3.8, 4) is 0 Å². The van der Waals surface area contributed by atoms with Gasteiger partial charge in [0.25, 0.3) is 0 Å². The maximum absolute atomic E-state index is 5.78. The van der Waals surface area contributed by atoms with E-state index in [0.717, 1.165) is 24.3 Å². The van der Waals surface area contributed by atoms with Crippen LogP contribution >= 0.6 is 0 Å². The number of nitrogens with two attached hydrogens (primary N) is 1. The first-order chi connectivity index (χ1) is 6.40. The Morgan fingerprint density at radius 2 is 1.92 bits per heavy atom. The van der Waals surface area contributed by atoms with Crippen LogP contribution in [0.1, 0.15) is 35.8 Å². The molecule has 1 nitrogen and oxygen atoms in total. The molecule has 3 atom stereocenters. The minimum Gasteiger partial charge on any atom is -0.330 e. The number of benzene rings is 1. The monoisotopic (exact) mass is 173 g/mol. The van der Waals surface area contributed by atoms with E-state index in [1.807, 2.05) is 0 Å². The summed E-state index contributed by atoms with van der Waals surface area (Å²) in [6.07, 6.45) is 2.69. The van der Waals surface area contributed by atoms with E-state index >= 15 is 0 Å². The molecule has 3 rings (SSSR count). The summed E-state index contributed by atoms with van der Waals surface area (Å²) in [5.74, 6) is 2.38. The molecule has 0 aliphatic heterocycles. The van der Waals surface area contributed by atoms with Crippen molar-refractivity contribution in [2.45, 2.75) is 24.7 Å². The Balaban J connectivity index is 2.07. The lowest BCUT2D eigenvalue weighted by atomic mass is 9.84. The molecule has 1 saturated carbocycles. The van der Waals surface area contributed by atoms with Gasteiger partial charge < -0.3 is 5.73 Å². The summed E-state index contributed by atoms with van der Waals surface area (Å²) in [5, 5.41) is 0. The minimum atomic E-state index is 0.764. The molecule has 2 aliphatic carbocycles. The molecule has 3 unspecified atom stereocenters. The smallest absolute Gasteiger partial charge is 0.00428 e. The molecule has 0 spiro atoms. The molecule has 0 heterocycles. The van der Waals surface area contributed by atoms with Crippen LogP contribution in [0.5, 0.6) is 0 Å². The standard InChI is InChI=1S/C12H15N/c13-7-9-5-8-6-12(9)11-4-2-1-3-10(8)11/h1-4,8-9,12H,5-7,13H2. The van der Waals surface area contributed by atoms with Crippen LogP contribution < -0.4 is 5.73 Å². The van der Waals surface area contributed by atoms with Crippen LogP contribution in [0.4, 0.5) is 0 Å². The molecule has 0 aromatic heterocycles. The highest BCUT2D eigenvalue weighted by atomic mass is 14.6. The van der Waals surface area contributed by atoms with Gasteiger partial charge in [0.15, 0.2) is 0 Å². The number of hydrogen-bond acceptors (Lipinski definition) is 1. The van der Waals surface area contributed by atoms with E-state index < -0.39 is 0 Å². The van der Waals surface area contributed by atoms with Gasteiger partial charge in [0.2, 0.25) is 0 Å². The first-order valence-corrected chi connectivity index (χ1v) is 5.19. The van der Waals surface area contributed by atoms with Gasteiger partial charge >= 0.3 is 0 Å². The maximum atomic E-state index is 5.78. The highest BCUT2D eigenvalue weighted by molar-refractivity contribution is 5.41. The summed E-state index contributed by atoms with van der Waals surface area (Å²) >= 11 is 0. The molecule has 1 aromatic rings. The third kappa shape index (κ3) is 0.910. The van der Waals surface area contributed by atoms with E-state index in [1.54, 1.807) is 11.1 Å². The summed E-state index contributed by atoms with van der Waals surface area (Å²) in [5.41, 5.74) is 8.98. The predicted octanol–water partition coefficient (Wildman–Crippen LogP) is 2.24. The first kappa shape index (κ1) is 7.57. The van der Waals surface area contributed by atoms with Crippen molar-refractivity contribution in [3.63, 3.8) is 0 Å². The van der Waals surface area contributed by atoms with Crippen LogP contribution in [0.25, 0.3) is 0 Å². The van der Waals surface area contributed by atoms with Crippen molar-refractivity contribution < 1.29 is 0 Å². The maximum Gasteiger partial charge on any atom is -0.00428 e. The summed E-state index contributed by atoms with van der Waals surface area (Å²) in [7, 11) is 0. The zero-order chi connectivity index (χ0) is 8.84. The van der Waals surface area contributed by atoms with E-state index in [2.05, 4.69) is 24.3 Å². The van der Waals surface area contributed by atoms with Gasteiger partial charge in [0.1, 0.15) is 0 Å². The van der Waals surface area contributed by atoms with Gasteiger partial charge in [-0.2, -0.15) is 0 Å². The molecule has 1 aromatic carbocycles. The second kappa shape index (κ2) is 2.58. The molecule has 1 fully saturated rings. The van der Waals surface area contributed by atoms with E-state index in [9.17, 15) is 0 Å². The molecule has 2 bridgehead atoms. The fourth-order valence-electron chi connectivity index (χ4n) is 3.24. The Bertz CT molecular complexity index is 330. The third-order valence-electron chi connectivity index (χ3n) is 3.83. The van der Waals surface area contributed by atoms with Gasteiger partial charge in [-0.05, 0) is 48.3 Å². The molecular formula is C12H15N. The molecule has 68 valence electrons. The SMILES string of the molecule is NCC1CC2CC1c1ccccc12. The average molecular weight is 173 g/mol. The molecule has 2 N–H and O–H groups in total. The summed E-state index contributed by atoms with van der Waals surface area (Å²) in [6, 6.07) is 8.92. The van der Waals surface area contributed by atoms with E-state index in [1.165, 1.54) is 12.8 Å². The van der Waals surface area contributed by atoms with Crippen molar-refractivity contribution >= 4 is 0 Å². The van der Waals surface area contributed by atoms with Gasteiger partial charge in [0.05, 0.1) is 0 Å². The number of fused-ring (bicyclic) bond motifs is 5. The summed E-state index contributed by atoms with van der Waals surface area (Å²) in [4.78, 5) is 0. The van der Waals surface area contributed by atoms with Crippen LogP contribution in [0.2, 0.25) is 0 Å². The van der Waals surface area contributed by atoms with Gasteiger partial charge in [-0.1, -0.05) is 24.3 Å². The van der Waals surface area contributed by atoms with Crippen LogP contribution in [-0.4, -0.2) is 6.54 Å². The Labute approximate surface area is 78.9 Å². The average Bonchev–Trinajstić information content (AvgIpc) is 2.75. The van der Waals surface area contributed by atoms with E-state index in [-0.39, 0.29) is 0 Å². The van der Waals surface area contributed by atoms with Crippen LogP contribution in [0.3, 0.4) is 0 Å². The fraction of sp³-hybridized carbons (Fsp3) is 0.500. The van der Waals surface area contributed by atoms with Gasteiger partial charge in [0, 0.05) is 0 Å². The van der Waals surface area contributed by atoms with Crippen molar-refractivity contribution in [3.05, 3.63) is 35.4 Å². The predicted molar refractivity (Wildman–Crippen MR) is 53.7 cm³/mol. The lowest BCUT2D eigenvalue weighted by Gasteiger charge is -2.22. The normalized spacial score (nSPS) is 35.0. The molecule has 0 radical (unpaired) electrons. The molecule has 1 heteroatoms. The third-order valence-corrected chi connectivity index (χ3v) is 3.83. The zero-order valence-corrected chi connectivity index (χ0v) is 7.74. The van der Waals surface area contributed by atoms with Gasteiger partial charge in [-0.3, -0.25) is 0 Å². The quantitative estimate of drug-likeness (QED) is 0.692. The summed E-state index contributed by atoms with van der Waals surface area (Å²) in [6.45, 7) is 0.871. The molecular weight excluding hydrogens is 158 g/mol. The van der Waals surface area contributed by atoms with Gasteiger partial charge in [-0.25, -0.2) is 0 Å². The lowest BCUT2D eigenvalue weighted by molar-refractivity contribution is 0.479. The first-order valence-electron chi connectivity index (χ1n) is 5.19. The topological polar surface area (TPSA) is 26.0 Å². The second-order valence-corrected chi connectivity index (χ2v) is 4.40. The summed E-state index contributed by atoms with van der Waals surface area (Å²) < 4.78 is 0. The van der Waals surface area contributed by atoms with E-state index in [0.29, 0.717) is 0 Å². The van der Waals surface area contributed by atoms with E-state index in [4.69, 9.17) is 5.73 Å².